The molecule has 0 aliphatic rings. The summed E-state index contributed by atoms with van der Waals surface area (Å²) in [4.78, 5) is 0. The molecule has 3 nitrogen and oxygen atoms in total. The maximum Gasteiger partial charge on any atom is 0.145 e. The van der Waals surface area contributed by atoms with E-state index in [1.807, 2.05) is 31.2 Å². The Labute approximate surface area is 111 Å². The molecule has 2 aromatic carbocycles. The summed E-state index contributed by atoms with van der Waals surface area (Å²) in [7, 11) is 0. The van der Waals surface area contributed by atoms with Gasteiger partial charge in [0, 0.05) is 16.8 Å². The average Bonchev–Trinajstić information content (AvgIpc) is 2.40. The largest absolute Gasteiger partial charge is 0.492 e. The lowest BCUT2D eigenvalue weighted by Gasteiger charge is -2.14. The van der Waals surface area contributed by atoms with Crippen molar-refractivity contribution < 1.29 is 14.6 Å². The van der Waals surface area contributed by atoms with Gasteiger partial charge in [0.1, 0.15) is 18.1 Å². The third-order valence-electron chi connectivity index (χ3n) is 2.55. The van der Waals surface area contributed by atoms with Crippen molar-refractivity contribution in [2.45, 2.75) is 6.92 Å². The SMILES string of the molecule is CCOc1c(Cl)cc(OCCO)c2ccccc12. The highest BCUT2D eigenvalue weighted by Crippen LogP contribution is 2.39. The van der Waals surface area contributed by atoms with Crippen LogP contribution in [0, 0.1) is 0 Å². The molecule has 0 radical (unpaired) electrons. The van der Waals surface area contributed by atoms with E-state index >= 15 is 0 Å². The number of aliphatic hydroxyl groups excluding tert-OH is 1. The van der Waals surface area contributed by atoms with Crippen LogP contribution in [-0.2, 0) is 0 Å². The van der Waals surface area contributed by atoms with E-state index in [1.165, 1.54) is 0 Å². The third kappa shape index (κ3) is 2.52. The van der Waals surface area contributed by atoms with Crippen molar-refractivity contribution in [2.75, 3.05) is 19.8 Å². The molecule has 0 amide bonds. The van der Waals surface area contributed by atoms with Crippen LogP contribution in [0.1, 0.15) is 6.92 Å². The van der Waals surface area contributed by atoms with Gasteiger partial charge in [0.15, 0.2) is 0 Å². The molecule has 1 N–H and O–H groups in total. The molecule has 0 heterocycles. The maximum absolute atomic E-state index is 8.83. The van der Waals surface area contributed by atoms with Gasteiger partial charge in [-0.15, -0.1) is 0 Å². The van der Waals surface area contributed by atoms with E-state index in [9.17, 15) is 0 Å². The number of fused-ring (bicyclic) bond motifs is 1. The highest BCUT2D eigenvalue weighted by atomic mass is 35.5. The van der Waals surface area contributed by atoms with Gasteiger partial charge in [-0.3, -0.25) is 0 Å². The molecule has 0 fully saturated rings. The Morgan fingerprint density at radius 2 is 1.89 bits per heavy atom. The summed E-state index contributed by atoms with van der Waals surface area (Å²) < 4.78 is 11.1. The monoisotopic (exact) mass is 266 g/mol. The summed E-state index contributed by atoms with van der Waals surface area (Å²) in [5.41, 5.74) is 0. The van der Waals surface area contributed by atoms with Crippen LogP contribution in [-0.4, -0.2) is 24.9 Å². The molecule has 18 heavy (non-hydrogen) atoms. The average molecular weight is 267 g/mol. The standard InChI is InChI=1S/C14H15ClO3/c1-2-17-14-11-6-4-3-5-10(11)13(9-12(14)15)18-8-7-16/h3-6,9,16H,2,7-8H2,1H3. The zero-order chi connectivity index (χ0) is 13.0. The minimum Gasteiger partial charge on any atom is -0.492 e. The number of halogens is 1. The van der Waals surface area contributed by atoms with Gasteiger partial charge in [0.05, 0.1) is 18.2 Å². The Morgan fingerprint density at radius 1 is 1.17 bits per heavy atom. The lowest BCUT2D eigenvalue weighted by molar-refractivity contribution is 0.202. The smallest absolute Gasteiger partial charge is 0.145 e. The quantitative estimate of drug-likeness (QED) is 0.903. The molecule has 0 aromatic heterocycles. The molecule has 0 spiro atoms. The molecule has 0 saturated carbocycles. The van der Waals surface area contributed by atoms with E-state index in [1.54, 1.807) is 6.07 Å². The normalized spacial score (nSPS) is 10.6. The highest BCUT2D eigenvalue weighted by molar-refractivity contribution is 6.33. The second kappa shape index (κ2) is 5.94. The molecule has 0 atom stereocenters. The first-order valence-electron chi connectivity index (χ1n) is 5.85. The Kier molecular flexibility index (Phi) is 4.28. The van der Waals surface area contributed by atoms with Crippen LogP contribution in [0.15, 0.2) is 30.3 Å². The molecule has 0 unspecified atom stereocenters. The van der Waals surface area contributed by atoms with Gasteiger partial charge in [-0.2, -0.15) is 0 Å². The zero-order valence-corrected chi connectivity index (χ0v) is 10.9. The third-order valence-corrected chi connectivity index (χ3v) is 2.83. The van der Waals surface area contributed by atoms with Crippen LogP contribution >= 0.6 is 11.6 Å². The number of benzene rings is 2. The van der Waals surface area contributed by atoms with Gasteiger partial charge in [-0.1, -0.05) is 35.9 Å². The fourth-order valence-corrected chi connectivity index (χ4v) is 2.10. The van der Waals surface area contributed by atoms with E-state index in [0.29, 0.717) is 23.1 Å². The molecule has 2 aromatic rings. The second-order valence-electron chi connectivity index (χ2n) is 3.74. The topological polar surface area (TPSA) is 38.7 Å². The minimum absolute atomic E-state index is 0.0286. The first-order chi connectivity index (χ1) is 8.77. The lowest BCUT2D eigenvalue weighted by Crippen LogP contribution is -2.03. The van der Waals surface area contributed by atoms with Gasteiger partial charge >= 0.3 is 0 Å². The lowest BCUT2D eigenvalue weighted by atomic mass is 10.1. The molecular formula is C14H15ClO3. The summed E-state index contributed by atoms with van der Waals surface area (Å²) >= 11 is 6.20. The highest BCUT2D eigenvalue weighted by Gasteiger charge is 2.12. The van der Waals surface area contributed by atoms with Crippen molar-refractivity contribution in [3.63, 3.8) is 0 Å². The predicted octanol–water partition coefficient (Wildman–Crippen LogP) is 3.26. The van der Waals surface area contributed by atoms with E-state index < -0.39 is 0 Å². The van der Waals surface area contributed by atoms with Crippen LogP contribution in [0.3, 0.4) is 0 Å². The molecule has 0 aliphatic carbocycles. The molecule has 0 aliphatic heterocycles. The fraction of sp³-hybridized carbons (Fsp3) is 0.286. The minimum atomic E-state index is -0.0286. The van der Waals surface area contributed by atoms with Gasteiger partial charge < -0.3 is 14.6 Å². The first kappa shape index (κ1) is 13.0. The van der Waals surface area contributed by atoms with E-state index in [2.05, 4.69) is 0 Å². The summed E-state index contributed by atoms with van der Waals surface area (Å²) in [5, 5.41) is 11.2. The summed E-state index contributed by atoms with van der Waals surface area (Å²) in [6.45, 7) is 2.69. The van der Waals surface area contributed by atoms with Crippen molar-refractivity contribution in [3.05, 3.63) is 35.4 Å². The van der Waals surface area contributed by atoms with Gasteiger partial charge in [0.2, 0.25) is 0 Å². The summed E-state index contributed by atoms with van der Waals surface area (Å²) in [6, 6.07) is 9.47. The van der Waals surface area contributed by atoms with Gasteiger partial charge in [-0.05, 0) is 6.92 Å². The van der Waals surface area contributed by atoms with Crippen molar-refractivity contribution in [1.82, 2.24) is 0 Å². The van der Waals surface area contributed by atoms with Crippen LogP contribution in [0.2, 0.25) is 5.02 Å². The van der Waals surface area contributed by atoms with E-state index in [-0.39, 0.29) is 13.2 Å². The van der Waals surface area contributed by atoms with Crippen molar-refractivity contribution in [3.8, 4) is 11.5 Å². The maximum atomic E-state index is 8.83. The first-order valence-corrected chi connectivity index (χ1v) is 6.23. The Balaban J connectivity index is 2.57. The van der Waals surface area contributed by atoms with Crippen LogP contribution in [0.4, 0.5) is 0 Å². The second-order valence-corrected chi connectivity index (χ2v) is 4.14. The molecule has 0 bridgehead atoms. The number of ether oxygens (including phenoxy) is 2. The zero-order valence-electron chi connectivity index (χ0n) is 10.1. The van der Waals surface area contributed by atoms with Crippen molar-refractivity contribution in [2.24, 2.45) is 0 Å². The fourth-order valence-electron chi connectivity index (χ4n) is 1.85. The van der Waals surface area contributed by atoms with Crippen LogP contribution < -0.4 is 9.47 Å². The number of aliphatic hydroxyl groups is 1. The van der Waals surface area contributed by atoms with Gasteiger partial charge in [0.25, 0.3) is 0 Å². The van der Waals surface area contributed by atoms with E-state index in [0.717, 1.165) is 10.8 Å². The molecule has 4 heteroatoms. The van der Waals surface area contributed by atoms with Crippen molar-refractivity contribution in [1.29, 1.82) is 0 Å². The molecular weight excluding hydrogens is 252 g/mol. The number of hydrogen-bond donors (Lipinski definition) is 1. The van der Waals surface area contributed by atoms with Crippen LogP contribution in [0.25, 0.3) is 10.8 Å². The number of hydrogen-bond acceptors (Lipinski definition) is 3. The Morgan fingerprint density at radius 3 is 2.56 bits per heavy atom. The summed E-state index contributed by atoms with van der Waals surface area (Å²) in [5.74, 6) is 1.33. The molecule has 96 valence electrons. The van der Waals surface area contributed by atoms with Crippen LogP contribution in [0.5, 0.6) is 11.5 Å². The Bertz CT molecular complexity index is 540. The molecule has 0 saturated heterocycles. The molecule has 2 rings (SSSR count). The van der Waals surface area contributed by atoms with Gasteiger partial charge in [-0.25, -0.2) is 0 Å². The Hall–Kier alpha value is -1.45. The summed E-state index contributed by atoms with van der Waals surface area (Å²) in [6.07, 6.45) is 0. The predicted molar refractivity (Wildman–Crippen MR) is 72.7 cm³/mol. The van der Waals surface area contributed by atoms with E-state index in [4.69, 9.17) is 26.2 Å². The van der Waals surface area contributed by atoms with Crippen molar-refractivity contribution >= 4 is 22.4 Å². The number of rotatable bonds is 5.